The van der Waals surface area contributed by atoms with E-state index in [1.807, 2.05) is 0 Å². The van der Waals surface area contributed by atoms with Crippen molar-refractivity contribution >= 4 is 12.0 Å². The molecule has 0 bridgehead atoms. The van der Waals surface area contributed by atoms with Gasteiger partial charge in [-0.15, -0.1) is 0 Å². The molecule has 1 heterocycles. The molecule has 0 saturated carbocycles. The molecule has 0 aliphatic rings. The predicted molar refractivity (Wildman–Crippen MR) is 64.5 cm³/mol. The Morgan fingerprint density at radius 1 is 1.16 bits per heavy atom. The summed E-state index contributed by atoms with van der Waals surface area (Å²) in [6, 6.07) is 11.2. The van der Waals surface area contributed by atoms with Crippen LogP contribution in [0.5, 0.6) is 11.5 Å². The molecule has 1 aromatic carbocycles. The number of hydrogen-bond acceptors (Lipinski definition) is 6. The number of aromatic nitrogens is 1. The highest BCUT2D eigenvalue weighted by molar-refractivity contribution is 5.61. The minimum atomic E-state index is -1.40. The Balaban J connectivity index is 1.99. The van der Waals surface area contributed by atoms with Crippen LogP contribution in [0.1, 0.15) is 0 Å². The monoisotopic (exact) mass is 259 g/mol. The largest absolute Gasteiger partial charge is 0.511 e. The molecule has 0 amide bonds. The second kappa shape index (κ2) is 6.10. The van der Waals surface area contributed by atoms with E-state index in [2.05, 4.69) is 20.1 Å². The van der Waals surface area contributed by atoms with Crippen molar-refractivity contribution in [2.45, 2.75) is 0 Å². The standard InChI is InChI=1S/C12H9N3O4/c16-12(17)18-9-4-3-5-10(8-9)19-15-14-11-6-1-2-7-13-11/h1-8H,(H,16,17). The Hall–Kier alpha value is -2.96. The lowest BCUT2D eigenvalue weighted by molar-refractivity contribution is 0.144. The lowest BCUT2D eigenvalue weighted by atomic mass is 10.3. The molecule has 0 fully saturated rings. The minimum Gasteiger partial charge on any atom is -0.449 e. The number of benzene rings is 1. The van der Waals surface area contributed by atoms with Crippen molar-refractivity contribution in [3.8, 4) is 11.5 Å². The molecular weight excluding hydrogens is 250 g/mol. The smallest absolute Gasteiger partial charge is 0.449 e. The van der Waals surface area contributed by atoms with Gasteiger partial charge in [-0.25, -0.2) is 9.78 Å². The van der Waals surface area contributed by atoms with Crippen LogP contribution < -0.4 is 9.57 Å². The summed E-state index contributed by atoms with van der Waals surface area (Å²) in [5, 5.41) is 15.7. The Morgan fingerprint density at radius 3 is 2.74 bits per heavy atom. The van der Waals surface area contributed by atoms with Crippen molar-refractivity contribution in [1.82, 2.24) is 4.98 Å². The van der Waals surface area contributed by atoms with Gasteiger partial charge in [-0.1, -0.05) is 17.2 Å². The van der Waals surface area contributed by atoms with Gasteiger partial charge < -0.3 is 14.7 Å². The lowest BCUT2D eigenvalue weighted by Gasteiger charge is -2.01. The van der Waals surface area contributed by atoms with Crippen LogP contribution in [-0.2, 0) is 0 Å². The third-order valence-corrected chi connectivity index (χ3v) is 1.95. The molecule has 0 aliphatic heterocycles. The molecule has 0 spiro atoms. The first-order chi connectivity index (χ1) is 9.24. The first-order valence-corrected chi connectivity index (χ1v) is 5.24. The molecule has 1 aromatic heterocycles. The maximum Gasteiger partial charge on any atom is 0.511 e. The summed E-state index contributed by atoms with van der Waals surface area (Å²) in [7, 11) is 0. The van der Waals surface area contributed by atoms with Gasteiger partial charge in [-0.2, -0.15) is 0 Å². The van der Waals surface area contributed by atoms with Gasteiger partial charge in [0, 0.05) is 17.5 Å². The molecule has 0 unspecified atom stereocenters. The van der Waals surface area contributed by atoms with Crippen LogP contribution in [0.3, 0.4) is 0 Å². The van der Waals surface area contributed by atoms with Gasteiger partial charge in [0.25, 0.3) is 0 Å². The van der Waals surface area contributed by atoms with E-state index in [1.165, 1.54) is 12.1 Å². The SMILES string of the molecule is O=C(O)Oc1cccc(ON=Nc2ccccn2)c1. The average molecular weight is 259 g/mol. The third-order valence-electron chi connectivity index (χ3n) is 1.95. The van der Waals surface area contributed by atoms with Crippen LogP contribution in [0, 0.1) is 0 Å². The van der Waals surface area contributed by atoms with Crippen molar-refractivity contribution < 1.29 is 19.5 Å². The van der Waals surface area contributed by atoms with Gasteiger partial charge in [0.05, 0.1) is 0 Å². The zero-order valence-electron chi connectivity index (χ0n) is 9.63. The summed E-state index contributed by atoms with van der Waals surface area (Å²) in [5.41, 5.74) is 0. The Bertz CT molecular complexity index is 587. The summed E-state index contributed by atoms with van der Waals surface area (Å²) in [6.07, 6.45) is 0.183. The maximum absolute atomic E-state index is 10.4. The van der Waals surface area contributed by atoms with Crippen molar-refractivity contribution in [2.24, 2.45) is 10.4 Å². The molecule has 96 valence electrons. The second-order valence-corrected chi connectivity index (χ2v) is 3.30. The van der Waals surface area contributed by atoms with E-state index in [9.17, 15) is 4.79 Å². The average Bonchev–Trinajstić information content (AvgIpc) is 2.40. The number of pyridine rings is 1. The minimum absolute atomic E-state index is 0.137. The fraction of sp³-hybridized carbons (Fsp3) is 0. The quantitative estimate of drug-likeness (QED) is 0.393. The molecule has 7 heteroatoms. The zero-order valence-corrected chi connectivity index (χ0v) is 9.63. The van der Waals surface area contributed by atoms with Gasteiger partial charge >= 0.3 is 6.16 Å². The second-order valence-electron chi connectivity index (χ2n) is 3.30. The molecule has 2 rings (SSSR count). The number of nitrogens with zero attached hydrogens (tertiary/aromatic N) is 3. The summed E-state index contributed by atoms with van der Waals surface area (Å²) >= 11 is 0. The number of hydrogen-bond donors (Lipinski definition) is 1. The van der Waals surface area contributed by atoms with Crippen LogP contribution in [0.25, 0.3) is 0 Å². The summed E-state index contributed by atoms with van der Waals surface area (Å²) in [6.45, 7) is 0. The summed E-state index contributed by atoms with van der Waals surface area (Å²) < 4.78 is 4.47. The van der Waals surface area contributed by atoms with Crippen molar-refractivity contribution in [3.63, 3.8) is 0 Å². The van der Waals surface area contributed by atoms with E-state index in [0.717, 1.165) is 0 Å². The molecule has 19 heavy (non-hydrogen) atoms. The van der Waals surface area contributed by atoms with Crippen LogP contribution in [-0.4, -0.2) is 16.2 Å². The van der Waals surface area contributed by atoms with Crippen LogP contribution in [0.15, 0.2) is 59.1 Å². The maximum atomic E-state index is 10.4. The van der Waals surface area contributed by atoms with Crippen molar-refractivity contribution in [1.29, 1.82) is 0 Å². The zero-order chi connectivity index (χ0) is 13.5. The number of rotatable bonds is 4. The molecule has 0 aliphatic carbocycles. The fourth-order valence-electron chi connectivity index (χ4n) is 1.22. The van der Waals surface area contributed by atoms with E-state index in [0.29, 0.717) is 11.6 Å². The highest BCUT2D eigenvalue weighted by Gasteiger charge is 2.02. The first kappa shape index (κ1) is 12.5. The lowest BCUT2D eigenvalue weighted by Crippen LogP contribution is -2.02. The highest BCUT2D eigenvalue weighted by Crippen LogP contribution is 2.20. The van der Waals surface area contributed by atoms with E-state index >= 15 is 0 Å². The van der Waals surface area contributed by atoms with Crippen LogP contribution >= 0.6 is 0 Å². The molecular formula is C12H9N3O4. The molecule has 7 nitrogen and oxygen atoms in total. The van der Waals surface area contributed by atoms with Gasteiger partial charge in [0.2, 0.25) is 0 Å². The summed E-state index contributed by atoms with van der Waals surface area (Å²) in [4.78, 5) is 19.3. The van der Waals surface area contributed by atoms with E-state index in [1.54, 1.807) is 36.5 Å². The fourth-order valence-corrected chi connectivity index (χ4v) is 1.22. The van der Waals surface area contributed by atoms with Gasteiger partial charge in [-0.05, 0) is 24.3 Å². The molecule has 0 atom stereocenters. The predicted octanol–water partition coefficient (Wildman–Crippen LogP) is 3.22. The summed E-state index contributed by atoms with van der Waals surface area (Å²) in [5.74, 6) is 0.844. The van der Waals surface area contributed by atoms with E-state index in [-0.39, 0.29) is 5.75 Å². The molecule has 1 N–H and O–H groups in total. The normalized spacial score (nSPS) is 10.3. The Labute approximate surface area is 108 Å². The number of carboxylic acid groups (broad SMARTS) is 1. The molecule has 0 saturated heterocycles. The highest BCUT2D eigenvalue weighted by atomic mass is 16.7. The first-order valence-electron chi connectivity index (χ1n) is 5.24. The third kappa shape index (κ3) is 4.08. The van der Waals surface area contributed by atoms with E-state index < -0.39 is 6.16 Å². The van der Waals surface area contributed by atoms with Crippen molar-refractivity contribution in [3.05, 3.63) is 48.7 Å². The Kier molecular flexibility index (Phi) is 4.01. The van der Waals surface area contributed by atoms with Crippen molar-refractivity contribution in [2.75, 3.05) is 0 Å². The van der Waals surface area contributed by atoms with E-state index in [4.69, 9.17) is 9.94 Å². The number of ether oxygens (including phenoxy) is 1. The van der Waals surface area contributed by atoms with Gasteiger partial charge in [0.15, 0.2) is 11.6 Å². The van der Waals surface area contributed by atoms with Crippen LogP contribution in [0.4, 0.5) is 10.6 Å². The Morgan fingerprint density at radius 2 is 2.00 bits per heavy atom. The van der Waals surface area contributed by atoms with Crippen LogP contribution in [0.2, 0.25) is 0 Å². The molecule has 0 radical (unpaired) electrons. The molecule has 2 aromatic rings. The van der Waals surface area contributed by atoms with Gasteiger partial charge in [0.1, 0.15) is 5.75 Å². The van der Waals surface area contributed by atoms with Gasteiger partial charge in [-0.3, -0.25) is 0 Å². The topological polar surface area (TPSA) is 93.4 Å². The number of carbonyl (C=O) groups is 1.